The summed E-state index contributed by atoms with van der Waals surface area (Å²) in [6.45, 7) is 2.44. The number of aryl methyl sites for hydroxylation is 2. The van der Waals surface area contributed by atoms with Crippen LogP contribution in [0, 0.1) is 6.92 Å². The number of fused-ring (bicyclic) bond motifs is 1. The molecule has 4 rings (SSSR count). The van der Waals surface area contributed by atoms with Gasteiger partial charge in [0.25, 0.3) is 0 Å². The second-order valence-electron chi connectivity index (χ2n) is 11.1. The first-order chi connectivity index (χ1) is 22.6. The van der Waals surface area contributed by atoms with Gasteiger partial charge in [-0.25, -0.2) is 4.79 Å². The highest BCUT2D eigenvalue weighted by Gasteiger charge is 2.26. The number of nitrogens with zero attached hydrogens (tertiary/aromatic N) is 1. The summed E-state index contributed by atoms with van der Waals surface area (Å²) in [6.07, 6.45) is 1.30. The highest BCUT2D eigenvalue weighted by molar-refractivity contribution is 6.01. The molecule has 0 fully saturated rings. The molecule has 1 aliphatic heterocycles. The molecule has 1 aliphatic rings. The quantitative estimate of drug-likeness (QED) is 0.237. The third kappa shape index (κ3) is 9.32. The van der Waals surface area contributed by atoms with E-state index in [4.69, 9.17) is 9.47 Å². The largest absolute Gasteiger partial charge is 0.495 e. The number of hydrogen-bond acceptors (Lipinski definition) is 8. The van der Waals surface area contributed by atoms with Crippen molar-refractivity contribution in [3.8, 4) is 5.75 Å². The molecule has 0 unspecified atom stereocenters. The number of urea groups is 1. The number of nitrogens with one attached hydrogen (secondary N) is 3. The maximum atomic E-state index is 13.6. The van der Waals surface area contributed by atoms with Gasteiger partial charge in [0.2, 0.25) is 11.8 Å². The Morgan fingerprint density at radius 3 is 2.32 bits per heavy atom. The number of methoxy groups -OCH3 is 3. The Hall–Kier alpha value is -5.39. The third-order valence-corrected chi connectivity index (χ3v) is 7.91. The minimum Gasteiger partial charge on any atom is -0.495 e. The van der Waals surface area contributed by atoms with Crippen LogP contribution < -0.4 is 25.6 Å². The molecule has 0 saturated carbocycles. The smallest absolute Gasteiger partial charge is 0.323 e. The molecule has 3 aromatic rings. The number of amides is 4. The fourth-order valence-corrected chi connectivity index (χ4v) is 5.39. The van der Waals surface area contributed by atoms with Crippen LogP contribution in [0.1, 0.15) is 54.0 Å². The highest BCUT2D eigenvalue weighted by atomic mass is 16.5. The summed E-state index contributed by atoms with van der Waals surface area (Å²) >= 11 is 0. The molecule has 0 radical (unpaired) electrons. The molecule has 0 bridgehead atoms. The summed E-state index contributed by atoms with van der Waals surface area (Å²) in [5.74, 6) is -1.09. The highest BCUT2D eigenvalue weighted by Crippen LogP contribution is 2.32. The summed E-state index contributed by atoms with van der Waals surface area (Å²) in [4.78, 5) is 64.2. The zero-order valence-electron chi connectivity index (χ0n) is 27.0. The number of carbonyl (C=O) groups excluding carboxylic acids is 5. The second-order valence-corrected chi connectivity index (χ2v) is 11.1. The minimum atomic E-state index is -0.678. The van der Waals surface area contributed by atoms with Crippen molar-refractivity contribution in [2.24, 2.45) is 0 Å². The van der Waals surface area contributed by atoms with Crippen LogP contribution in [0.15, 0.2) is 60.7 Å². The van der Waals surface area contributed by atoms with Crippen molar-refractivity contribution in [1.29, 1.82) is 0 Å². The molecule has 0 aliphatic carbocycles. The third-order valence-electron chi connectivity index (χ3n) is 7.91. The van der Waals surface area contributed by atoms with E-state index in [0.717, 1.165) is 23.2 Å². The van der Waals surface area contributed by atoms with Gasteiger partial charge in [-0.3, -0.25) is 19.2 Å². The van der Waals surface area contributed by atoms with Crippen molar-refractivity contribution in [2.75, 3.05) is 43.4 Å². The summed E-state index contributed by atoms with van der Waals surface area (Å²) in [5.41, 5.74) is 5.17. The summed E-state index contributed by atoms with van der Waals surface area (Å²) in [5, 5.41) is 8.45. The fraction of sp³-hybridized carbons (Fsp3) is 0.343. The Labute approximate surface area is 273 Å². The van der Waals surface area contributed by atoms with E-state index >= 15 is 0 Å². The van der Waals surface area contributed by atoms with E-state index in [2.05, 4.69) is 20.7 Å². The Balaban J connectivity index is 1.46. The van der Waals surface area contributed by atoms with E-state index in [9.17, 15) is 24.0 Å². The van der Waals surface area contributed by atoms with E-state index in [1.165, 1.54) is 21.3 Å². The van der Waals surface area contributed by atoms with Gasteiger partial charge in [-0.2, -0.15) is 0 Å². The Morgan fingerprint density at radius 1 is 0.851 bits per heavy atom. The maximum Gasteiger partial charge on any atom is 0.323 e. The fourth-order valence-electron chi connectivity index (χ4n) is 5.39. The van der Waals surface area contributed by atoms with Gasteiger partial charge in [0.15, 0.2) is 0 Å². The first-order valence-electron chi connectivity index (χ1n) is 15.3. The molecule has 12 nitrogen and oxygen atoms in total. The normalized spacial score (nSPS) is 12.6. The van der Waals surface area contributed by atoms with Crippen molar-refractivity contribution >= 4 is 46.8 Å². The molecular formula is C35H40N4O8. The Bertz CT molecular complexity index is 1640. The van der Waals surface area contributed by atoms with Gasteiger partial charge < -0.3 is 35.1 Å². The molecule has 1 heterocycles. The second kappa shape index (κ2) is 16.3. The number of ether oxygens (including phenoxy) is 3. The average molecular weight is 645 g/mol. The minimum absolute atomic E-state index is 0.0804. The van der Waals surface area contributed by atoms with Gasteiger partial charge in [0.1, 0.15) is 5.75 Å². The lowest BCUT2D eigenvalue weighted by atomic mass is 9.94. The zero-order chi connectivity index (χ0) is 33.9. The SMILES string of the molecule is COC(=O)CCC(=O)N[C@H](CC(=O)OC)c1ccc2c(c1)CCCN2C(=O)Cc1ccc(NC(=O)Nc2ccccc2C)c(OC)c1. The van der Waals surface area contributed by atoms with E-state index in [-0.39, 0.29) is 31.6 Å². The number of anilines is 3. The van der Waals surface area contributed by atoms with Crippen molar-refractivity contribution < 1.29 is 38.2 Å². The van der Waals surface area contributed by atoms with Gasteiger partial charge in [0, 0.05) is 24.3 Å². The number of hydrogen-bond donors (Lipinski definition) is 3. The molecule has 12 heteroatoms. The first-order valence-corrected chi connectivity index (χ1v) is 15.3. The van der Waals surface area contributed by atoms with Crippen LogP contribution >= 0.6 is 0 Å². The van der Waals surface area contributed by atoms with E-state index in [1.807, 2.05) is 43.3 Å². The zero-order valence-corrected chi connectivity index (χ0v) is 27.0. The number of carbonyl (C=O) groups is 5. The number of para-hydroxylation sites is 1. The van der Waals surface area contributed by atoms with Crippen LogP contribution in [0.5, 0.6) is 5.75 Å². The molecule has 3 aromatic carbocycles. The predicted molar refractivity (Wildman–Crippen MR) is 176 cm³/mol. The lowest BCUT2D eigenvalue weighted by Crippen LogP contribution is -2.37. The van der Waals surface area contributed by atoms with Crippen molar-refractivity contribution in [1.82, 2.24) is 5.32 Å². The van der Waals surface area contributed by atoms with Gasteiger partial charge in [0.05, 0.1) is 52.3 Å². The van der Waals surface area contributed by atoms with Gasteiger partial charge in [-0.1, -0.05) is 36.4 Å². The van der Waals surface area contributed by atoms with Crippen molar-refractivity contribution in [3.63, 3.8) is 0 Å². The van der Waals surface area contributed by atoms with E-state index in [1.54, 1.807) is 29.2 Å². The van der Waals surface area contributed by atoms with Crippen molar-refractivity contribution in [2.45, 2.75) is 51.5 Å². The molecule has 0 saturated heterocycles. The van der Waals surface area contributed by atoms with Gasteiger partial charge >= 0.3 is 18.0 Å². The number of rotatable bonds is 12. The first kappa shape index (κ1) is 34.5. The summed E-state index contributed by atoms with van der Waals surface area (Å²) in [7, 11) is 4.03. The van der Waals surface area contributed by atoms with Crippen LogP contribution in [0.3, 0.4) is 0 Å². The molecule has 1 atom stereocenters. The molecule has 3 N–H and O–H groups in total. The molecule has 0 aromatic heterocycles. The van der Waals surface area contributed by atoms with Gasteiger partial charge in [-0.15, -0.1) is 0 Å². The van der Waals surface area contributed by atoms with Crippen molar-refractivity contribution in [3.05, 3.63) is 82.9 Å². The maximum absolute atomic E-state index is 13.6. The van der Waals surface area contributed by atoms with E-state index < -0.39 is 29.9 Å². The van der Waals surface area contributed by atoms with Crippen LogP contribution in [-0.4, -0.2) is 57.7 Å². The average Bonchev–Trinajstić information content (AvgIpc) is 3.07. The topological polar surface area (TPSA) is 152 Å². The Morgan fingerprint density at radius 2 is 1.60 bits per heavy atom. The molecular weight excluding hydrogens is 604 g/mol. The van der Waals surface area contributed by atoms with E-state index in [0.29, 0.717) is 41.2 Å². The summed E-state index contributed by atoms with van der Waals surface area (Å²) in [6, 6.07) is 17.1. The summed E-state index contributed by atoms with van der Waals surface area (Å²) < 4.78 is 15.0. The molecule has 47 heavy (non-hydrogen) atoms. The lowest BCUT2D eigenvalue weighted by molar-refractivity contribution is -0.143. The Kier molecular flexibility index (Phi) is 11.9. The number of esters is 2. The van der Waals surface area contributed by atoms with Gasteiger partial charge in [-0.05, 0) is 66.3 Å². The van der Waals surface area contributed by atoms with Crippen LogP contribution in [0.2, 0.25) is 0 Å². The molecule has 0 spiro atoms. The monoisotopic (exact) mass is 644 g/mol. The standard InChI is InChI=1S/C35H40N4O8/c1-22-8-5-6-10-26(22)37-35(44)38-27-13-11-23(18-30(27)45-2)19-32(41)39-17-7-9-25-20-24(12-14-29(25)39)28(21-34(43)47-4)36-31(40)15-16-33(42)46-3/h5-6,8,10-14,18,20,28H,7,9,15-17,19,21H2,1-4H3,(H,36,40)(H2,37,38,44)/t28-/m1/s1. The predicted octanol–water partition coefficient (Wildman–Crippen LogP) is 4.84. The van der Waals surface area contributed by atoms with Crippen LogP contribution in [-0.2, 0) is 41.5 Å². The molecule has 248 valence electrons. The van der Waals surface area contributed by atoms with Crippen LogP contribution in [0.4, 0.5) is 21.9 Å². The lowest BCUT2D eigenvalue weighted by Gasteiger charge is -2.31. The van der Waals surface area contributed by atoms with Crippen LogP contribution in [0.25, 0.3) is 0 Å². The molecule has 4 amide bonds. The number of benzene rings is 3.